The molecule has 108 valence electrons. The van der Waals surface area contributed by atoms with E-state index in [0.29, 0.717) is 11.5 Å². The van der Waals surface area contributed by atoms with Crippen molar-refractivity contribution in [3.63, 3.8) is 0 Å². The van der Waals surface area contributed by atoms with Crippen molar-refractivity contribution in [3.8, 4) is 0 Å². The van der Waals surface area contributed by atoms with Gasteiger partial charge >= 0.3 is 0 Å². The Bertz CT molecular complexity index is 349. The molecule has 1 aliphatic carbocycles. The van der Waals surface area contributed by atoms with Crippen LogP contribution < -0.4 is 5.32 Å². The summed E-state index contributed by atoms with van der Waals surface area (Å²) in [5.74, 6) is 0.807. The molecule has 0 aromatic carbocycles. The predicted octanol–water partition coefficient (Wildman–Crippen LogP) is 4.88. The van der Waals surface area contributed by atoms with E-state index in [2.05, 4.69) is 42.9 Å². The van der Waals surface area contributed by atoms with Gasteiger partial charge in [0.2, 0.25) is 0 Å². The molecule has 1 fully saturated rings. The van der Waals surface area contributed by atoms with Crippen LogP contribution >= 0.6 is 11.3 Å². The molecule has 1 aromatic rings. The monoisotopic (exact) mass is 279 g/mol. The topological polar surface area (TPSA) is 12.0 Å². The van der Waals surface area contributed by atoms with Crippen molar-refractivity contribution in [2.24, 2.45) is 11.3 Å². The second-order valence-corrected chi connectivity index (χ2v) is 7.39. The molecule has 1 atom stereocenters. The summed E-state index contributed by atoms with van der Waals surface area (Å²) >= 11 is 1.83. The number of thiophene rings is 1. The summed E-state index contributed by atoms with van der Waals surface area (Å²) in [5, 5.41) is 8.35. The van der Waals surface area contributed by atoms with Crippen LogP contribution in [0.25, 0.3) is 0 Å². The molecule has 0 spiro atoms. The van der Waals surface area contributed by atoms with Gasteiger partial charge in [-0.2, -0.15) is 11.3 Å². The number of rotatable bonds is 7. The van der Waals surface area contributed by atoms with Gasteiger partial charge in [-0.05, 0) is 66.0 Å². The Morgan fingerprint density at radius 3 is 2.58 bits per heavy atom. The summed E-state index contributed by atoms with van der Waals surface area (Å²) < 4.78 is 0. The van der Waals surface area contributed by atoms with Crippen molar-refractivity contribution >= 4 is 11.3 Å². The van der Waals surface area contributed by atoms with Crippen molar-refractivity contribution in [1.82, 2.24) is 5.32 Å². The highest BCUT2D eigenvalue weighted by molar-refractivity contribution is 7.07. The molecule has 1 aliphatic rings. The average molecular weight is 279 g/mol. The minimum absolute atomic E-state index is 0.548. The lowest BCUT2D eigenvalue weighted by molar-refractivity contribution is 0.155. The van der Waals surface area contributed by atoms with Crippen molar-refractivity contribution in [3.05, 3.63) is 22.4 Å². The highest BCUT2D eigenvalue weighted by Gasteiger charge is 2.41. The van der Waals surface area contributed by atoms with Crippen LogP contribution in [-0.4, -0.2) is 12.6 Å². The summed E-state index contributed by atoms with van der Waals surface area (Å²) in [6.07, 6.45) is 8.30. The van der Waals surface area contributed by atoms with Gasteiger partial charge in [0.05, 0.1) is 0 Å². The summed E-state index contributed by atoms with van der Waals surface area (Å²) in [5.41, 5.74) is 2.07. The zero-order valence-electron chi connectivity index (χ0n) is 12.7. The fourth-order valence-electron chi connectivity index (χ4n) is 3.98. The third kappa shape index (κ3) is 3.82. The molecule has 0 radical (unpaired) electrons. The molecule has 0 amide bonds. The highest BCUT2D eigenvalue weighted by atomic mass is 32.1. The Labute approximate surface area is 122 Å². The van der Waals surface area contributed by atoms with E-state index in [9.17, 15) is 0 Å². The van der Waals surface area contributed by atoms with Crippen LogP contribution in [0.2, 0.25) is 0 Å². The number of likely N-dealkylation sites (N-methyl/N-ethyl adjacent to an activating group) is 1. The molecule has 1 unspecified atom stereocenters. The van der Waals surface area contributed by atoms with Gasteiger partial charge in [0, 0.05) is 6.04 Å². The van der Waals surface area contributed by atoms with Crippen LogP contribution in [0.1, 0.15) is 58.4 Å². The normalized spacial score (nSPS) is 20.0. The maximum absolute atomic E-state index is 3.81. The van der Waals surface area contributed by atoms with Gasteiger partial charge in [-0.3, -0.25) is 0 Å². The molecule has 2 heteroatoms. The fraction of sp³-hybridized carbons (Fsp3) is 0.765. The zero-order chi connectivity index (χ0) is 13.7. The molecule has 0 saturated heterocycles. The maximum Gasteiger partial charge on any atom is 0.0164 e. The lowest BCUT2D eigenvalue weighted by Crippen LogP contribution is -2.46. The number of hydrogen-bond donors (Lipinski definition) is 1. The third-order valence-corrected chi connectivity index (χ3v) is 5.36. The first-order chi connectivity index (χ1) is 9.16. The van der Waals surface area contributed by atoms with Crippen LogP contribution in [0.3, 0.4) is 0 Å². The van der Waals surface area contributed by atoms with Gasteiger partial charge in [-0.15, -0.1) is 0 Å². The van der Waals surface area contributed by atoms with Gasteiger partial charge in [0.15, 0.2) is 0 Å². The van der Waals surface area contributed by atoms with Gasteiger partial charge in [0.1, 0.15) is 0 Å². The summed E-state index contributed by atoms with van der Waals surface area (Å²) in [4.78, 5) is 0. The van der Waals surface area contributed by atoms with E-state index < -0.39 is 0 Å². The SMILES string of the molecule is CCNC(Cc1ccsc1)C1(CC(C)C)CCCC1. The van der Waals surface area contributed by atoms with E-state index in [1.165, 1.54) is 44.1 Å². The van der Waals surface area contributed by atoms with E-state index >= 15 is 0 Å². The lowest BCUT2D eigenvalue weighted by Gasteiger charge is -2.40. The maximum atomic E-state index is 3.81. The van der Waals surface area contributed by atoms with Crippen LogP contribution in [0, 0.1) is 11.3 Å². The predicted molar refractivity (Wildman–Crippen MR) is 85.8 cm³/mol. The van der Waals surface area contributed by atoms with Crippen LogP contribution in [0.4, 0.5) is 0 Å². The number of hydrogen-bond acceptors (Lipinski definition) is 2. The first-order valence-corrected chi connectivity index (χ1v) is 8.85. The third-order valence-electron chi connectivity index (χ3n) is 4.62. The molecule has 1 heterocycles. The van der Waals surface area contributed by atoms with Crippen molar-refractivity contribution < 1.29 is 0 Å². The smallest absolute Gasteiger partial charge is 0.0164 e. The van der Waals surface area contributed by atoms with E-state index in [0.717, 1.165) is 12.5 Å². The van der Waals surface area contributed by atoms with Crippen LogP contribution in [0.5, 0.6) is 0 Å². The van der Waals surface area contributed by atoms with E-state index in [-0.39, 0.29) is 0 Å². The fourth-order valence-corrected chi connectivity index (χ4v) is 4.66. The van der Waals surface area contributed by atoms with E-state index in [1.54, 1.807) is 0 Å². The van der Waals surface area contributed by atoms with E-state index in [4.69, 9.17) is 0 Å². The first-order valence-electron chi connectivity index (χ1n) is 7.91. The summed E-state index contributed by atoms with van der Waals surface area (Å²) in [6.45, 7) is 8.11. The second-order valence-electron chi connectivity index (χ2n) is 6.61. The second kappa shape index (κ2) is 6.90. The average Bonchev–Trinajstić information content (AvgIpc) is 2.99. The van der Waals surface area contributed by atoms with E-state index in [1.807, 2.05) is 11.3 Å². The molecule has 19 heavy (non-hydrogen) atoms. The van der Waals surface area contributed by atoms with Gasteiger partial charge < -0.3 is 5.32 Å². The van der Waals surface area contributed by atoms with Gasteiger partial charge in [0.25, 0.3) is 0 Å². The Morgan fingerprint density at radius 1 is 1.32 bits per heavy atom. The molecule has 0 aliphatic heterocycles. The van der Waals surface area contributed by atoms with Gasteiger partial charge in [-0.25, -0.2) is 0 Å². The van der Waals surface area contributed by atoms with Crippen molar-refractivity contribution in [1.29, 1.82) is 0 Å². The minimum Gasteiger partial charge on any atom is -0.313 e. The van der Waals surface area contributed by atoms with Gasteiger partial charge in [-0.1, -0.05) is 33.6 Å². The molecule has 2 rings (SSSR count). The summed E-state index contributed by atoms with van der Waals surface area (Å²) in [6, 6.07) is 2.96. The Kier molecular flexibility index (Phi) is 5.47. The first kappa shape index (κ1) is 15.1. The van der Waals surface area contributed by atoms with Crippen LogP contribution in [0.15, 0.2) is 16.8 Å². The Balaban J connectivity index is 2.13. The highest BCUT2D eigenvalue weighted by Crippen LogP contribution is 2.46. The largest absolute Gasteiger partial charge is 0.313 e. The quantitative estimate of drug-likeness (QED) is 0.750. The Hall–Kier alpha value is -0.340. The minimum atomic E-state index is 0.548. The molecule has 1 nitrogen and oxygen atoms in total. The Morgan fingerprint density at radius 2 is 2.05 bits per heavy atom. The molecule has 1 aromatic heterocycles. The van der Waals surface area contributed by atoms with Crippen molar-refractivity contribution in [2.75, 3.05) is 6.54 Å². The molecule has 1 N–H and O–H groups in total. The standard InChI is InChI=1S/C17H29NS/c1-4-18-16(11-15-7-10-19-13-15)17(12-14(2)3)8-5-6-9-17/h7,10,13-14,16,18H,4-6,8-9,11-12H2,1-3H3. The van der Waals surface area contributed by atoms with Crippen molar-refractivity contribution in [2.45, 2.75) is 65.3 Å². The zero-order valence-corrected chi connectivity index (χ0v) is 13.6. The lowest BCUT2D eigenvalue weighted by atomic mass is 9.71. The molecule has 1 saturated carbocycles. The molecular weight excluding hydrogens is 250 g/mol. The summed E-state index contributed by atoms with van der Waals surface area (Å²) in [7, 11) is 0. The molecule has 0 bridgehead atoms. The molecular formula is C17H29NS. The number of nitrogens with one attached hydrogen (secondary N) is 1. The van der Waals surface area contributed by atoms with Crippen LogP contribution in [-0.2, 0) is 6.42 Å².